The van der Waals surface area contributed by atoms with Gasteiger partial charge < -0.3 is 5.73 Å². The summed E-state index contributed by atoms with van der Waals surface area (Å²) in [5, 5.41) is 0. The Hall–Kier alpha value is -0.0800. The van der Waals surface area contributed by atoms with E-state index in [1.165, 1.54) is 38.8 Å². The maximum absolute atomic E-state index is 6.24. The second-order valence-electron chi connectivity index (χ2n) is 7.32. The maximum Gasteiger partial charge on any atom is 0.0336 e. The lowest BCUT2D eigenvalue weighted by molar-refractivity contribution is 0.0205. The molecule has 0 spiro atoms. The fourth-order valence-electron chi connectivity index (χ4n) is 3.78. The van der Waals surface area contributed by atoms with Gasteiger partial charge in [0.2, 0.25) is 0 Å². The summed E-state index contributed by atoms with van der Waals surface area (Å²) in [6.07, 6.45) is 5.22. The van der Waals surface area contributed by atoms with Gasteiger partial charge in [-0.15, -0.1) is 0 Å². The smallest absolute Gasteiger partial charge is 0.0336 e. The maximum atomic E-state index is 6.24. The second kappa shape index (κ2) is 6.91. The molecule has 108 valence electrons. The summed E-state index contributed by atoms with van der Waals surface area (Å²) in [5.74, 6) is 2.29. The van der Waals surface area contributed by atoms with Crippen molar-refractivity contribution in [3.63, 3.8) is 0 Å². The molecule has 1 aliphatic rings. The molecule has 1 aliphatic heterocycles. The molecule has 1 atom stereocenters. The molecule has 1 saturated heterocycles. The number of piperidine rings is 1. The van der Waals surface area contributed by atoms with E-state index >= 15 is 0 Å². The van der Waals surface area contributed by atoms with Crippen molar-refractivity contribution in [2.45, 2.75) is 65.8 Å². The van der Waals surface area contributed by atoms with Gasteiger partial charge in [0.05, 0.1) is 0 Å². The van der Waals surface area contributed by atoms with Crippen molar-refractivity contribution in [2.75, 3.05) is 19.6 Å². The van der Waals surface area contributed by atoms with Crippen LogP contribution in [0.3, 0.4) is 0 Å². The van der Waals surface area contributed by atoms with Gasteiger partial charge in [-0.2, -0.15) is 0 Å². The molecule has 0 saturated carbocycles. The highest BCUT2D eigenvalue weighted by atomic mass is 15.2. The van der Waals surface area contributed by atoms with Gasteiger partial charge in [0.1, 0.15) is 0 Å². The van der Waals surface area contributed by atoms with Gasteiger partial charge in [-0.3, -0.25) is 4.90 Å². The van der Waals surface area contributed by atoms with Gasteiger partial charge in [0.25, 0.3) is 0 Å². The van der Waals surface area contributed by atoms with Crippen LogP contribution in [0.4, 0.5) is 0 Å². The molecule has 1 rings (SSSR count). The van der Waals surface area contributed by atoms with Crippen LogP contribution in [-0.4, -0.2) is 30.1 Å². The van der Waals surface area contributed by atoms with Crippen LogP contribution in [0.2, 0.25) is 0 Å². The van der Waals surface area contributed by atoms with Crippen molar-refractivity contribution in [3.8, 4) is 0 Å². The van der Waals surface area contributed by atoms with Crippen LogP contribution in [0.5, 0.6) is 0 Å². The average Bonchev–Trinajstić information content (AvgIpc) is 2.26. The Morgan fingerprint density at radius 2 is 1.72 bits per heavy atom. The lowest BCUT2D eigenvalue weighted by Crippen LogP contribution is -2.58. The van der Waals surface area contributed by atoms with E-state index in [2.05, 4.69) is 39.5 Å². The minimum atomic E-state index is 0.247. The van der Waals surface area contributed by atoms with Crippen LogP contribution in [0, 0.1) is 17.8 Å². The summed E-state index contributed by atoms with van der Waals surface area (Å²) in [5.41, 5.74) is 6.49. The third-order valence-electron chi connectivity index (χ3n) is 4.28. The van der Waals surface area contributed by atoms with Gasteiger partial charge >= 0.3 is 0 Å². The highest BCUT2D eigenvalue weighted by Gasteiger charge is 2.38. The molecule has 1 fully saturated rings. The van der Waals surface area contributed by atoms with Crippen molar-refractivity contribution >= 4 is 0 Å². The van der Waals surface area contributed by atoms with E-state index in [1.807, 2.05) is 0 Å². The van der Waals surface area contributed by atoms with E-state index < -0.39 is 0 Å². The number of likely N-dealkylation sites (tertiary alicyclic amines) is 1. The SMILES string of the molecule is CC(C)CC(CN)(CC(C)C)N1CCCC(C)C1. The molecule has 0 aliphatic carbocycles. The Bertz CT molecular complexity index is 225. The molecule has 0 aromatic rings. The minimum absolute atomic E-state index is 0.247. The first-order valence-corrected chi connectivity index (χ1v) is 7.84. The standard InChI is InChI=1S/C16H34N2/c1-13(2)9-16(12-17,10-14(3)4)18-8-6-7-15(5)11-18/h13-15H,6-12,17H2,1-5H3. The molecule has 1 heterocycles. The first-order chi connectivity index (χ1) is 8.39. The average molecular weight is 254 g/mol. The van der Waals surface area contributed by atoms with Crippen LogP contribution < -0.4 is 5.73 Å². The number of nitrogens with two attached hydrogens (primary N) is 1. The fourth-order valence-corrected chi connectivity index (χ4v) is 3.78. The Morgan fingerprint density at radius 3 is 2.11 bits per heavy atom. The summed E-state index contributed by atoms with van der Waals surface area (Å²) in [7, 11) is 0. The van der Waals surface area contributed by atoms with Gasteiger partial charge in [-0.25, -0.2) is 0 Å². The quantitative estimate of drug-likeness (QED) is 0.786. The van der Waals surface area contributed by atoms with E-state index in [4.69, 9.17) is 5.73 Å². The third-order valence-corrected chi connectivity index (χ3v) is 4.28. The largest absolute Gasteiger partial charge is 0.329 e. The summed E-state index contributed by atoms with van der Waals surface area (Å²) in [4.78, 5) is 2.72. The Kier molecular flexibility index (Phi) is 6.13. The van der Waals surface area contributed by atoms with Crippen molar-refractivity contribution in [1.82, 2.24) is 4.90 Å². The molecular formula is C16H34N2. The molecule has 2 nitrogen and oxygen atoms in total. The molecule has 2 heteroatoms. The van der Waals surface area contributed by atoms with Crippen LogP contribution in [0.15, 0.2) is 0 Å². The van der Waals surface area contributed by atoms with E-state index in [0.717, 1.165) is 24.3 Å². The molecule has 0 aromatic carbocycles. The first kappa shape index (κ1) is 16.0. The Balaban J connectivity index is 2.85. The van der Waals surface area contributed by atoms with E-state index in [9.17, 15) is 0 Å². The van der Waals surface area contributed by atoms with Gasteiger partial charge in [-0.05, 0) is 50.0 Å². The number of hydrogen-bond acceptors (Lipinski definition) is 2. The van der Waals surface area contributed by atoms with Gasteiger partial charge in [0, 0.05) is 18.6 Å². The molecule has 0 bridgehead atoms. The summed E-state index contributed by atoms with van der Waals surface area (Å²) in [6, 6.07) is 0. The van der Waals surface area contributed by atoms with Crippen molar-refractivity contribution in [2.24, 2.45) is 23.5 Å². The van der Waals surface area contributed by atoms with Crippen LogP contribution >= 0.6 is 0 Å². The van der Waals surface area contributed by atoms with Crippen molar-refractivity contribution in [1.29, 1.82) is 0 Å². The van der Waals surface area contributed by atoms with E-state index in [1.54, 1.807) is 0 Å². The normalized spacial score (nSPS) is 23.0. The Labute approximate surface area is 114 Å². The lowest BCUT2D eigenvalue weighted by atomic mass is 9.78. The molecule has 2 N–H and O–H groups in total. The molecular weight excluding hydrogens is 220 g/mol. The molecule has 0 amide bonds. The van der Waals surface area contributed by atoms with E-state index in [0.29, 0.717) is 0 Å². The zero-order valence-electron chi connectivity index (χ0n) is 13.2. The van der Waals surface area contributed by atoms with Crippen molar-refractivity contribution < 1.29 is 0 Å². The van der Waals surface area contributed by atoms with Gasteiger partial charge in [-0.1, -0.05) is 34.6 Å². The minimum Gasteiger partial charge on any atom is -0.329 e. The topological polar surface area (TPSA) is 29.3 Å². The third kappa shape index (κ3) is 4.24. The number of nitrogens with zero attached hydrogens (tertiary/aromatic N) is 1. The zero-order chi connectivity index (χ0) is 13.8. The fraction of sp³-hybridized carbons (Fsp3) is 1.00. The summed E-state index contributed by atoms with van der Waals surface area (Å²) >= 11 is 0. The molecule has 1 unspecified atom stereocenters. The second-order valence-corrected chi connectivity index (χ2v) is 7.32. The van der Waals surface area contributed by atoms with Crippen LogP contribution in [0.1, 0.15) is 60.3 Å². The Morgan fingerprint density at radius 1 is 1.17 bits per heavy atom. The van der Waals surface area contributed by atoms with Crippen LogP contribution in [0.25, 0.3) is 0 Å². The predicted octanol–water partition coefficient (Wildman–Crippen LogP) is 3.51. The highest BCUT2D eigenvalue weighted by molar-refractivity contribution is 4.95. The predicted molar refractivity (Wildman–Crippen MR) is 80.7 cm³/mol. The summed E-state index contributed by atoms with van der Waals surface area (Å²) < 4.78 is 0. The van der Waals surface area contributed by atoms with Gasteiger partial charge in [0.15, 0.2) is 0 Å². The zero-order valence-corrected chi connectivity index (χ0v) is 13.2. The molecule has 18 heavy (non-hydrogen) atoms. The number of hydrogen-bond donors (Lipinski definition) is 1. The molecule has 0 radical (unpaired) electrons. The monoisotopic (exact) mass is 254 g/mol. The van der Waals surface area contributed by atoms with Crippen LogP contribution in [-0.2, 0) is 0 Å². The van der Waals surface area contributed by atoms with E-state index in [-0.39, 0.29) is 5.54 Å². The lowest BCUT2D eigenvalue weighted by Gasteiger charge is -2.49. The van der Waals surface area contributed by atoms with Crippen molar-refractivity contribution in [3.05, 3.63) is 0 Å². The highest BCUT2D eigenvalue weighted by Crippen LogP contribution is 2.33. The molecule has 0 aromatic heterocycles. The number of rotatable bonds is 6. The summed E-state index contributed by atoms with van der Waals surface area (Å²) in [6.45, 7) is 15.0. The first-order valence-electron chi connectivity index (χ1n) is 7.84.